The molecular formula is C17H23NO. The van der Waals surface area contributed by atoms with E-state index in [-0.39, 0.29) is 6.04 Å². The van der Waals surface area contributed by atoms with Gasteiger partial charge in [0, 0.05) is 19.8 Å². The lowest BCUT2D eigenvalue weighted by atomic mass is 9.92. The van der Waals surface area contributed by atoms with E-state index in [1.807, 2.05) is 0 Å². The quantitative estimate of drug-likeness (QED) is 0.861. The summed E-state index contributed by atoms with van der Waals surface area (Å²) in [6.07, 6.45) is 1.95. The minimum absolute atomic E-state index is 0.191. The number of nitrogens with two attached hydrogens (primary N) is 1. The number of ether oxygens (including phenoxy) is 1. The van der Waals surface area contributed by atoms with Gasteiger partial charge in [0.1, 0.15) is 0 Å². The predicted molar refractivity (Wildman–Crippen MR) is 81.3 cm³/mol. The molecule has 0 saturated heterocycles. The van der Waals surface area contributed by atoms with Crippen LogP contribution in [0.15, 0.2) is 42.5 Å². The van der Waals surface area contributed by atoms with Crippen LogP contribution >= 0.6 is 0 Å². The van der Waals surface area contributed by atoms with Gasteiger partial charge in [-0.1, -0.05) is 49.4 Å². The van der Waals surface area contributed by atoms with E-state index >= 15 is 0 Å². The predicted octanol–water partition coefficient (Wildman–Crippen LogP) is 3.38. The van der Waals surface area contributed by atoms with E-state index in [0.29, 0.717) is 5.92 Å². The Balaban J connectivity index is 2.04. The fraction of sp³-hybridized carbons (Fsp3) is 0.412. The smallest absolute Gasteiger partial charge is 0.0465 e. The van der Waals surface area contributed by atoms with Crippen molar-refractivity contribution in [1.82, 2.24) is 0 Å². The molecule has 2 N–H and O–H groups in total. The van der Waals surface area contributed by atoms with Crippen LogP contribution in [0.5, 0.6) is 0 Å². The number of hydrogen-bond donors (Lipinski definition) is 1. The average molecular weight is 257 g/mol. The van der Waals surface area contributed by atoms with Crippen molar-refractivity contribution in [3.05, 3.63) is 48.0 Å². The van der Waals surface area contributed by atoms with Crippen LogP contribution in [-0.2, 0) is 11.2 Å². The van der Waals surface area contributed by atoms with Gasteiger partial charge in [-0.15, -0.1) is 0 Å². The molecule has 0 radical (unpaired) electrons. The number of benzene rings is 2. The van der Waals surface area contributed by atoms with Crippen molar-refractivity contribution in [1.29, 1.82) is 0 Å². The molecule has 0 aliphatic rings. The van der Waals surface area contributed by atoms with Crippen molar-refractivity contribution in [2.45, 2.75) is 25.8 Å². The molecule has 2 rings (SSSR count). The Morgan fingerprint density at radius 2 is 1.84 bits per heavy atom. The van der Waals surface area contributed by atoms with E-state index in [1.54, 1.807) is 7.11 Å². The van der Waals surface area contributed by atoms with E-state index in [0.717, 1.165) is 19.4 Å². The first-order valence-electron chi connectivity index (χ1n) is 6.93. The van der Waals surface area contributed by atoms with Crippen molar-refractivity contribution in [3.63, 3.8) is 0 Å². The number of fused-ring (bicyclic) bond motifs is 1. The molecule has 2 aromatic rings. The lowest BCUT2D eigenvalue weighted by Gasteiger charge is -2.19. The third-order valence-corrected chi connectivity index (χ3v) is 3.79. The monoisotopic (exact) mass is 257 g/mol. The van der Waals surface area contributed by atoms with Crippen molar-refractivity contribution in [2.24, 2.45) is 11.7 Å². The zero-order valence-corrected chi connectivity index (χ0v) is 11.8. The molecule has 2 nitrogen and oxygen atoms in total. The summed E-state index contributed by atoms with van der Waals surface area (Å²) in [6.45, 7) is 2.98. The summed E-state index contributed by atoms with van der Waals surface area (Å²) in [6, 6.07) is 15.2. The van der Waals surface area contributed by atoms with Crippen LogP contribution in [0.1, 0.15) is 18.9 Å². The molecule has 0 aliphatic heterocycles. The van der Waals surface area contributed by atoms with Crippen LogP contribution in [0.2, 0.25) is 0 Å². The van der Waals surface area contributed by atoms with Gasteiger partial charge in [-0.2, -0.15) is 0 Å². The van der Waals surface area contributed by atoms with Crippen LogP contribution in [0.25, 0.3) is 10.8 Å². The fourth-order valence-electron chi connectivity index (χ4n) is 2.36. The summed E-state index contributed by atoms with van der Waals surface area (Å²) in [4.78, 5) is 0. The minimum Gasteiger partial charge on any atom is -0.385 e. The van der Waals surface area contributed by atoms with Crippen molar-refractivity contribution >= 4 is 10.8 Å². The maximum Gasteiger partial charge on any atom is 0.0465 e. The average Bonchev–Trinajstić information content (AvgIpc) is 2.44. The summed E-state index contributed by atoms with van der Waals surface area (Å²) in [5.74, 6) is 0.478. The molecule has 0 heterocycles. The normalized spacial score (nSPS) is 14.5. The van der Waals surface area contributed by atoms with Gasteiger partial charge in [-0.05, 0) is 35.1 Å². The summed E-state index contributed by atoms with van der Waals surface area (Å²) < 4.78 is 5.11. The Morgan fingerprint density at radius 3 is 2.58 bits per heavy atom. The molecule has 2 aromatic carbocycles. The second kappa shape index (κ2) is 6.69. The Kier molecular flexibility index (Phi) is 4.94. The largest absolute Gasteiger partial charge is 0.385 e. The van der Waals surface area contributed by atoms with E-state index in [9.17, 15) is 0 Å². The summed E-state index contributed by atoms with van der Waals surface area (Å²) >= 11 is 0. The summed E-state index contributed by atoms with van der Waals surface area (Å²) in [5, 5.41) is 2.57. The number of rotatable bonds is 6. The molecule has 0 spiro atoms. The van der Waals surface area contributed by atoms with Crippen molar-refractivity contribution in [3.8, 4) is 0 Å². The molecule has 2 atom stereocenters. The fourth-order valence-corrected chi connectivity index (χ4v) is 2.36. The summed E-state index contributed by atoms with van der Waals surface area (Å²) in [7, 11) is 1.74. The zero-order chi connectivity index (χ0) is 13.7. The standard InChI is InChI=1S/C17H23NO/c1-13(9-10-19-2)17(18)12-14-7-8-15-5-3-4-6-16(15)11-14/h3-8,11,13,17H,9-10,12,18H2,1-2H3. The van der Waals surface area contributed by atoms with E-state index in [1.165, 1.54) is 16.3 Å². The maximum atomic E-state index is 6.28. The van der Waals surface area contributed by atoms with Gasteiger partial charge >= 0.3 is 0 Å². The SMILES string of the molecule is COCCC(C)C(N)Cc1ccc2ccccc2c1. The molecule has 0 aliphatic carbocycles. The first-order chi connectivity index (χ1) is 9.20. The van der Waals surface area contributed by atoms with Crippen LogP contribution in [0.3, 0.4) is 0 Å². The maximum absolute atomic E-state index is 6.28. The molecule has 0 fully saturated rings. The topological polar surface area (TPSA) is 35.2 Å². The zero-order valence-electron chi connectivity index (χ0n) is 11.8. The first kappa shape index (κ1) is 14.0. The van der Waals surface area contributed by atoms with Gasteiger partial charge in [0.2, 0.25) is 0 Å². The molecule has 0 bridgehead atoms. The Hall–Kier alpha value is -1.38. The van der Waals surface area contributed by atoms with Crippen molar-refractivity contribution < 1.29 is 4.74 Å². The van der Waals surface area contributed by atoms with Crippen LogP contribution < -0.4 is 5.73 Å². The second-order valence-corrected chi connectivity index (χ2v) is 5.31. The third-order valence-electron chi connectivity index (χ3n) is 3.79. The van der Waals surface area contributed by atoms with Crippen molar-refractivity contribution in [2.75, 3.05) is 13.7 Å². The highest BCUT2D eigenvalue weighted by molar-refractivity contribution is 5.82. The molecule has 2 unspecified atom stereocenters. The van der Waals surface area contributed by atoms with Gasteiger partial charge in [-0.3, -0.25) is 0 Å². The van der Waals surface area contributed by atoms with E-state index in [4.69, 9.17) is 10.5 Å². The van der Waals surface area contributed by atoms with Crippen LogP contribution in [0, 0.1) is 5.92 Å². The van der Waals surface area contributed by atoms with Gasteiger partial charge in [-0.25, -0.2) is 0 Å². The highest BCUT2D eigenvalue weighted by Crippen LogP contribution is 2.18. The Morgan fingerprint density at radius 1 is 1.11 bits per heavy atom. The molecule has 0 saturated carbocycles. The van der Waals surface area contributed by atoms with Gasteiger partial charge < -0.3 is 10.5 Å². The highest BCUT2D eigenvalue weighted by atomic mass is 16.5. The molecule has 0 amide bonds. The second-order valence-electron chi connectivity index (χ2n) is 5.31. The molecule has 102 valence electrons. The lowest BCUT2D eigenvalue weighted by molar-refractivity contribution is 0.174. The van der Waals surface area contributed by atoms with Crippen LogP contribution in [0.4, 0.5) is 0 Å². The molecule has 2 heteroatoms. The van der Waals surface area contributed by atoms with Gasteiger partial charge in [0.25, 0.3) is 0 Å². The summed E-state index contributed by atoms with van der Waals surface area (Å²) in [5.41, 5.74) is 7.59. The molecular weight excluding hydrogens is 234 g/mol. The van der Waals surface area contributed by atoms with E-state index in [2.05, 4.69) is 49.4 Å². The Bertz CT molecular complexity index is 523. The van der Waals surface area contributed by atoms with Crippen LogP contribution in [-0.4, -0.2) is 19.8 Å². The molecule has 0 aromatic heterocycles. The third kappa shape index (κ3) is 3.79. The number of hydrogen-bond acceptors (Lipinski definition) is 2. The number of methoxy groups -OCH3 is 1. The minimum atomic E-state index is 0.191. The van der Waals surface area contributed by atoms with E-state index < -0.39 is 0 Å². The lowest BCUT2D eigenvalue weighted by Crippen LogP contribution is -2.31. The van der Waals surface area contributed by atoms with Gasteiger partial charge in [0.15, 0.2) is 0 Å². The molecule has 19 heavy (non-hydrogen) atoms. The Labute approximate surface area is 115 Å². The van der Waals surface area contributed by atoms with Gasteiger partial charge in [0.05, 0.1) is 0 Å². The highest BCUT2D eigenvalue weighted by Gasteiger charge is 2.13. The first-order valence-corrected chi connectivity index (χ1v) is 6.93.